The predicted molar refractivity (Wildman–Crippen MR) is 97.0 cm³/mol. The highest BCUT2D eigenvalue weighted by Crippen LogP contribution is 2.21. The number of amides is 1. The van der Waals surface area contributed by atoms with Crippen molar-refractivity contribution < 1.29 is 9.53 Å². The van der Waals surface area contributed by atoms with Crippen molar-refractivity contribution in [3.8, 4) is 11.1 Å². The normalized spacial score (nSPS) is 10.4. The molecule has 0 atom stereocenters. The maximum Gasteiger partial charge on any atom is 0.255 e. The van der Waals surface area contributed by atoms with Crippen LogP contribution in [0.15, 0.2) is 78.9 Å². The molecule has 0 saturated carbocycles. The Morgan fingerprint density at radius 3 is 2.29 bits per heavy atom. The second-order valence-electron chi connectivity index (χ2n) is 5.53. The molecule has 0 aliphatic heterocycles. The largest absolute Gasteiger partial charge is 0.380 e. The monoisotopic (exact) mass is 317 g/mol. The van der Waals surface area contributed by atoms with Crippen molar-refractivity contribution in [2.45, 2.75) is 6.61 Å². The lowest BCUT2D eigenvalue weighted by atomic mass is 10.1. The second-order valence-corrected chi connectivity index (χ2v) is 5.53. The molecular formula is C21H19NO2. The van der Waals surface area contributed by atoms with Gasteiger partial charge in [0, 0.05) is 18.4 Å². The van der Waals surface area contributed by atoms with Crippen LogP contribution >= 0.6 is 0 Å². The first-order valence-corrected chi connectivity index (χ1v) is 7.81. The van der Waals surface area contributed by atoms with E-state index in [0.717, 1.165) is 22.4 Å². The Hall–Kier alpha value is -2.91. The van der Waals surface area contributed by atoms with E-state index in [4.69, 9.17) is 4.74 Å². The molecule has 0 fully saturated rings. The second kappa shape index (κ2) is 7.57. The van der Waals surface area contributed by atoms with Gasteiger partial charge in [-0.05, 0) is 41.0 Å². The molecule has 0 unspecified atom stereocenters. The lowest BCUT2D eigenvalue weighted by molar-refractivity contribution is 0.102. The fraction of sp³-hybridized carbons (Fsp3) is 0.0952. The van der Waals surface area contributed by atoms with E-state index < -0.39 is 0 Å². The Morgan fingerprint density at radius 1 is 0.875 bits per heavy atom. The van der Waals surface area contributed by atoms with Crippen molar-refractivity contribution in [2.75, 3.05) is 12.4 Å². The number of nitrogens with one attached hydrogen (secondary N) is 1. The van der Waals surface area contributed by atoms with Gasteiger partial charge in [0.2, 0.25) is 0 Å². The van der Waals surface area contributed by atoms with E-state index in [-0.39, 0.29) is 5.91 Å². The van der Waals surface area contributed by atoms with Gasteiger partial charge in [-0.25, -0.2) is 0 Å². The Morgan fingerprint density at radius 2 is 1.58 bits per heavy atom. The molecule has 0 saturated heterocycles. The lowest BCUT2D eigenvalue weighted by Crippen LogP contribution is -2.12. The van der Waals surface area contributed by atoms with Gasteiger partial charge in [-0.15, -0.1) is 0 Å². The topological polar surface area (TPSA) is 38.3 Å². The smallest absolute Gasteiger partial charge is 0.255 e. The minimum atomic E-state index is -0.125. The first-order chi connectivity index (χ1) is 11.8. The first kappa shape index (κ1) is 16.0. The molecule has 0 aliphatic carbocycles. The summed E-state index contributed by atoms with van der Waals surface area (Å²) in [6.45, 7) is 0.493. The fourth-order valence-corrected chi connectivity index (χ4v) is 2.55. The van der Waals surface area contributed by atoms with E-state index >= 15 is 0 Å². The molecule has 0 spiro atoms. The van der Waals surface area contributed by atoms with Crippen molar-refractivity contribution in [3.05, 3.63) is 90.0 Å². The molecule has 3 aromatic rings. The highest BCUT2D eigenvalue weighted by atomic mass is 16.5. The molecule has 3 heteroatoms. The van der Waals surface area contributed by atoms with Crippen LogP contribution in [0.1, 0.15) is 15.9 Å². The zero-order chi connectivity index (χ0) is 16.8. The number of carbonyl (C=O) groups excluding carboxylic acids is 1. The van der Waals surface area contributed by atoms with E-state index in [9.17, 15) is 4.79 Å². The van der Waals surface area contributed by atoms with E-state index in [2.05, 4.69) is 17.4 Å². The van der Waals surface area contributed by atoms with Gasteiger partial charge in [0.1, 0.15) is 0 Å². The molecule has 0 aromatic heterocycles. The lowest BCUT2D eigenvalue weighted by Gasteiger charge is -2.08. The summed E-state index contributed by atoms with van der Waals surface area (Å²) in [5, 5.41) is 2.93. The standard InChI is InChI=1S/C21H19NO2/c1-24-15-16-6-5-9-19(14-16)21(23)22-20-12-10-18(11-13-20)17-7-3-2-4-8-17/h2-14H,15H2,1H3,(H,22,23). The van der Waals surface area contributed by atoms with Gasteiger partial charge in [0.15, 0.2) is 0 Å². The molecule has 0 aliphatic rings. The average molecular weight is 317 g/mol. The van der Waals surface area contributed by atoms with Crippen LogP contribution in [0.2, 0.25) is 0 Å². The summed E-state index contributed by atoms with van der Waals surface area (Å²) in [4.78, 5) is 12.4. The number of methoxy groups -OCH3 is 1. The minimum Gasteiger partial charge on any atom is -0.380 e. The first-order valence-electron chi connectivity index (χ1n) is 7.81. The van der Waals surface area contributed by atoms with Crippen molar-refractivity contribution in [2.24, 2.45) is 0 Å². The van der Waals surface area contributed by atoms with E-state index in [1.807, 2.05) is 60.7 Å². The van der Waals surface area contributed by atoms with Crippen LogP contribution in [0.5, 0.6) is 0 Å². The summed E-state index contributed by atoms with van der Waals surface area (Å²) in [5.74, 6) is -0.125. The van der Waals surface area contributed by atoms with Gasteiger partial charge in [0.05, 0.1) is 6.61 Å². The third-order valence-electron chi connectivity index (χ3n) is 3.75. The Balaban J connectivity index is 1.72. The fourth-order valence-electron chi connectivity index (χ4n) is 2.55. The van der Waals surface area contributed by atoms with Gasteiger partial charge in [0.25, 0.3) is 5.91 Å². The number of anilines is 1. The number of hydrogen-bond acceptors (Lipinski definition) is 2. The van der Waals surface area contributed by atoms with Crippen LogP contribution in [0.25, 0.3) is 11.1 Å². The third kappa shape index (κ3) is 3.89. The van der Waals surface area contributed by atoms with Crippen LogP contribution < -0.4 is 5.32 Å². The van der Waals surface area contributed by atoms with Crippen LogP contribution in [-0.4, -0.2) is 13.0 Å². The molecule has 120 valence electrons. The van der Waals surface area contributed by atoms with Crippen molar-refractivity contribution >= 4 is 11.6 Å². The average Bonchev–Trinajstić information content (AvgIpc) is 2.64. The summed E-state index contributed by atoms with van der Waals surface area (Å²) in [6, 6.07) is 25.4. The van der Waals surface area contributed by atoms with Crippen LogP contribution in [0, 0.1) is 0 Å². The van der Waals surface area contributed by atoms with Gasteiger partial charge in [-0.1, -0.05) is 54.6 Å². The van der Waals surface area contributed by atoms with Crippen molar-refractivity contribution in [3.63, 3.8) is 0 Å². The van der Waals surface area contributed by atoms with Gasteiger partial charge >= 0.3 is 0 Å². The number of hydrogen-bond donors (Lipinski definition) is 1. The summed E-state index contributed by atoms with van der Waals surface area (Å²) < 4.78 is 5.10. The predicted octanol–water partition coefficient (Wildman–Crippen LogP) is 4.75. The summed E-state index contributed by atoms with van der Waals surface area (Å²) in [5.41, 5.74) is 4.65. The van der Waals surface area contributed by atoms with Crippen molar-refractivity contribution in [1.29, 1.82) is 0 Å². The van der Waals surface area contributed by atoms with Crippen LogP contribution in [0.3, 0.4) is 0 Å². The SMILES string of the molecule is COCc1cccc(C(=O)Nc2ccc(-c3ccccc3)cc2)c1. The third-order valence-corrected chi connectivity index (χ3v) is 3.75. The van der Waals surface area contributed by atoms with Gasteiger partial charge < -0.3 is 10.1 Å². The Kier molecular flexibility index (Phi) is 5.04. The molecule has 3 aromatic carbocycles. The van der Waals surface area contributed by atoms with E-state index in [1.54, 1.807) is 13.2 Å². The van der Waals surface area contributed by atoms with Crippen LogP contribution in [0.4, 0.5) is 5.69 Å². The summed E-state index contributed by atoms with van der Waals surface area (Å²) in [6.07, 6.45) is 0. The molecule has 24 heavy (non-hydrogen) atoms. The summed E-state index contributed by atoms with van der Waals surface area (Å²) >= 11 is 0. The maximum atomic E-state index is 12.4. The minimum absolute atomic E-state index is 0.125. The van der Waals surface area contributed by atoms with Crippen molar-refractivity contribution in [1.82, 2.24) is 0 Å². The number of rotatable bonds is 5. The number of ether oxygens (including phenoxy) is 1. The van der Waals surface area contributed by atoms with Gasteiger partial charge in [-0.2, -0.15) is 0 Å². The number of benzene rings is 3. The van der Waals surface area contributed by atoms with E-state index in [1.165, 1.54) is 0 Å². The van der Waals surface area contributed by atoms with Crippen LogP contribution in [-0.2, 0) is 11.3 Å². The molecular weight excluding hydrogens is 298 g/mol. The molecule has 3 nitrogen and oxygen atoms in total. The molecule has 3 rings (SSSR count). The highest BCUT2D eigenvalue weighted by Gasteiger charge is 2.07. The Labute approximate surface area is 141 Å². The molecule has 1 N–H and O–H groups in total. The summed E-state index contributed by atoms with van der Waals surface area (Å²) in [7, 11) is 1.64. The number of carbonyl (C=O) groups is 1. The quantitative estimate of drug-likeness (QED) is 0.737. The van der Waals surface area contributed by atoms with Gasteiger partial charge in [-0.3, -0.25) is 4.79 Å². The molecule has 0 bridgehead atoms. The Bertz CT molecular complexity index is 811. The molecule has 0 heterocycles. The molecule has 0 radical (unpaired) electrons. The highest BCUT2D eigenvalue weighted by molar-refractivity contribution is 6.04. The zero-order valence-corrected chi connectivity index (χ0v) is 13.5. The maximum absolute atomic E-state index is 12.4. The molecule has 1 amide bonds. The van der Waals surface area contributed by atoms with E-state index in [0.29, 0.717) is 12.2 Å². The zero-order valence-electron chi connectivity index (χ0n) is 13.5.